The van der Waals surface area contributed by atoms with Gasteiger partial charge in [-0.3, -0.25) is 4.79 Å². The van der Waals surface area contributed by atoms with Crippen LogP contribution in [0.2, 0.25) is 0 Å². The van der Waals surface area contributed by atoms with Crippen molar-refractivity contribution in [3.63, 3.8) is 0 Å². The van der Waals surface area contributed by atoms with Crippen LogP contribution in [-0.4, -0.2) is 16.5 Å². The number of carbonyl (C=O) groups is 1. The number of carbonyl (C=O) groups excluding carboxylic acids is 1. The van der Waals surface area contributed by atoms with Gasteiger partial charge in [0, 0.05) is 5.56 Å². The SMILES string of the molecule is O=Cc1ccc(-c2ccccc2)cc1.Oc1ccccc1.Oc1ccccc1. The number of hydrogen-bond donors (Lipinski definition) is 2. The molecule has 0 aliphatic carbocycles. The van der Waals surface area contributed by atoms with Gasteiger partial charge in [-0.1, -0.05) is 91.0 Å². The first-order valence-corrected chi connectivity index (χ1v) is 8.78. The zero-order valence-electron chi connectivity index (χ0n) is 15.3. The van der Waals surface area contributed by atoms with Gasteiger partial charge in [0.05, 0.1) is 0 Å². The van der Waals surface area contributed by atoms with Gasteiger partial charge in [0.25, 0.3) is 0 Å². The molecule has 0 saturated carbocycles. The molecule has 0 heterocycles. The summed E-state index contributed by atoms with van der Waals surface area (Å²) in [7, 11) is 0. The maximum Gasteiger partial charge on any atom is 0.150 e. The van der Waals surface area contributed by atoms with Gasteiger partial charge in [-0.05, 0) is 35.4 Å². The molecule has 0 aromatic heterocycles. The van der Waals surface area contributed by atoms with E-state index in [9.17, 15) is 4.79 Å². The van der Waals surface area contributed by atoms with E-state index in [1.807, 2.05) is 54.6 Å². The molecular formula is C25H22O3. The van der Waals surface area contributed by atoms with Crippen molar-refractivity contribution >= 4 is 6.29 Å². The Bertz CT molecular complexity index is 882. The lowest BCUT2D eigenvalue weighted by molar-refractivity contribution is 0.112. The fourth-order valence-electron chi connectivity index (χ4n) is 2.24. The maximum atomic E-state index is 10.5. The average Bonchev–Trinajstić information content (AvgIpc) is 2.76. The summed E-state index contributed by atoms with van der Waals surface area (Å²) in [5, 5.41) is 17.3. The van der Waals surface area contributed by atoms with E-state index in [0.717, 1.165) is 11.8 Å². The number of phenols is 2. The van der Waals surface area contributed by atoms with Crippen molar-refractivity contribution in [2.24, 2.45) is 0 Å². The summed E-state index contributed by atoms with van der Waals surface area (Å²) in [5.41, 5.74) is 3.02. The highest BCUT2D eigenvalue weighted by molar-refractivity contribution is 5.76. The number of para-hydroxylation sites is 2. The summed E-state index contributed by atoms with van der Waals surface area (Å²) in [4.78, 5) is 10.5. The van der Waals surface area contributed by atoms with Crippen molar-refractivity contribution in [2.75, 3.05) is 0 Å². The molecule has 2 N–H and O–H groups in total. The lowest BCUT2D eigenvalue weighted by Gasteiger charge is -2.00. The summed E-state index contributed by atoms with van der Waals surface area (Å²) < 4.78 is 0. The third kappa shape index (κ3) is 7.58. The lowest BCUT2D eigenvalue weighted by atomic mass is 10.0. The highest BCUT2D eigenvalue weighted by atomic mass is 16.3. The minimum absolute atomic E-state index is 0.322. The quantitative estimate of drug-likeness (QED) is 0.429. The predicted molar refractivity (Wildman–Crippen MR) is 113 cm³/mol. The topological polar surface area (TPSA) is 57.5 Å². The van der Waals surface area contributed by atoms with Crippen LogP contribution in [0.3, 0.4) is 0 Å². The minimum Gasteiger partial charge on any atom is -0.508 e. The van der Waals surface area contributed by atoms with Crippen LogP contribution in [0.4, 0.5) is 0 Å². The van der Waals surface area contributed by atoms with E-state index in [1.165, 1.54) is 5.56 Å². The molecule has 4 aromatic rings. The zero-order chi connectivity index (χ0) is 20.0. The highest BCUT2D eigenvalue weighted by Gasteiger charge is 1.95. The predicted octanol–water partition coefficient (Wildman–Crippen LogP) is 5.95. The van der Waals surface area contributed by atoms with E-state index in [2.05, 4.69) is 12.1 Å². The Hall–Kier alpha value is -3.85. The molecule has 0 amide bonds. The Kier molecular flexibility index (Phi) is 8.55. The molecule has 3 heteroatoms. The van der Waals surface area contributed by atoms with E-state index < -0.39 is 0 Å². The van der Waals surface area contributed by atoms with Gasteiger partial charge in [0.1, 0.15) is 17.8 Å². The molecule has 0 atom stereocenters. The van der Waals surface area contributed by atoms with Gasteiger partial charge in [0.15, 0.2) is 0 Å². The molecule has 0 unspecified atom stereocenters. The molecule has 3 nitrogen and oxygen atoms in total. The number of phenolic OH excluding ortho intramolecular Hbond substituents is 2. The Morgan fingerprint density at radius 3 is 1.14 bits per heavy atom. The standard InChI is InChI=1S/C13H10O.2C6H6O/c14-10-11-6-8-13(9-7-11)12-4-2-1-3-5-12;2*7-6-4-2-1-3-5-6/h1-10H;2*1-5,7H. The van der Waals surface area contributed by atoms with Crippen molar-refractivity contribution in [1.82, 2.24) is 0 Å². The first-order chi connectivity index (χ1) is 13.7. The second-order valence-electron chi connectivity index (χ2n) is 5.78. The van der Waals surface area contributed by atoms with E-state index in [4.69, 9.17) is 10.2 Å². The van der Waals surface area contributed by atoms with Gasteiger partial charge >= 0.3 is 0 Å². The second kappa shape index (κ2) is 11.7. The molecule has 0 aliphatic rings. The lowest BCUT2D eigenvalue weighted by Crippen LogP contribution is -1.80. The van der Waals surface area contributed by atoms with E-state index in [-0.39, 0.29) is 0 Å². The van der Waals surface area contributed by atoms with Gasteiger partial charge in [0.2, 0.25) is 0 Å². The monoisotopic (exact) mass is 370 g/mol. The van der Waals surface area contributed by atoms with Crippen LogP contribution in [0, 0.1) is 0 Å². The first kappa shape index (κ1) is 20.5. The van der Waals surface area contributed by atoms with E-state index in [1.54, 1.807) is 48.5 Å². The summed E-state index contributed by atoms with van der Waals surface area (Å²) in [6.45, 7) is 0. The van der Waals surface area contributed by atoms with E-state index >= 15 is 0 Å². The summed E-state index contributed by atoms with van der Waals surface area (Å²) in [5.74, 6) is 0.644. The zero-order valence-corrected chi connectivity index (χ0v) is 15.3. The van der Waals surface area contributed by atoms with Crippen LogP contribution < -0.4 is 0 Å². The van der Waals surface area contributed by atoms with E-state index in [0.29, 0.717) is 17.1 Å². The smallest absolute Gasteiger partial charge is 0.150 e. The van der Waals surface area contributed by atoms with Gasteiger partial charge < -0.3 is 10.2 Å². The van der Waals surface area contributed by atoms with Crippen LogP contribution in [0.1, 0.15) is 10.4 Å². The molecule has 4 rings (SSSR count). The third-order valence-corrected chi connectivity index (χ3v) is 3.67. The molecule has 0 bridgehead atoms. The molecule has 28 heavy (non-hydrogen) atoms. The Morgan fingerprint density at radius 1 is 0.464 bits per heavy atom. The Morgan fingerprint density at radius 2 is 0.821 bits per heavy atom. The second-order valence-corrected chi connectivity index (χ2v) is 5.78. The fourth-order valence-corrected chi connectivity index (χ4v) is 2.24. The number of benzene rings is 4. The molecule has 0 fully saturated rings. The molecule has 0 spiro atoms. The molecule has 0 radical (unpaired) electrons. The van der Waals surface area contributed by atoms with Crippen molar-refractivity contribution in [3.05, 3.63) is 121 Å². The number of aromatic hydroxyl groups is 2. The van der Waals surface area contributed by atoms with Crippen LogP contribution in [0.25, 0.3) is 11.1 Å². The van der Waals surface area contributed by atoms with Crippen molar-refractivity contribution in [1.29, 1.82) is 0 Å². The van der Waals surface area contributed by atoms with Crippen LogP contribution in [0.15, 0.2) is 115 Å². The number of hydrogen-bond acceptors (Lipinski definition) is 3. The Labute approximate surface area is 165 Å². The fraction of sp³-hybridized carbons (Fsp3) is 0. The average molecular weight is 370 g/mol. The normalized spacial score (nSPS) is 9.14. The molecule has 0 aliphatic heterocycles. The molecular weight excluding hydrogens is 348 g/mol. The van der Waals surface area contributed by atoms with Crippen molar-refractivity contribution in [2.45, 2.75) is 0 Å². The first-order valence-electron chi connectivity index (χ1n) is 8.78. The highest BCUT2D eigenvalue weighted by Crippen LogP contribution is 2.18. The number of aldehydes is 1. The van der Waals surface area contributed by atoms with Crippen LogP contribution in [-0.2, 0) is 0 Å². The molecule has 140 valence electrons. The number of rotatable bonds is 2. The minimum atomic E-state index is 0.322. The summed E-state index contributed by atoms with van der Waals surface area (Å²) >= 11 is 0. The maximum absolute atomic E-state index is 10.5. The van der Waals surface area contributed by atoms with Gasteiger partial charge in [-0.25, -0.2) is 0 Å². The van der Waals surface area contributed by atoms with Crippen LogP contribution in [0.5, 0.6) is 11.5 Å². The van der Waals surface area contributed by atoms with Crippen LogP contribution >= 0.6 is 0 Å². The van der Waals surface area contributed by atoms with Gasteiger partial charge in [-0.15, -0.1) is 0 Å². The molecule has 4 aromatic carbocycles. The van der Waals surface area contributed by atoms with Crippen molar-refractivity contribution < 1.29 is 15.0 Å². The summed E-state index contributed by atoms with van der Waals surface area (Å²) in [6, 6.07) is 35.1. The summed E-state index contributed by atoms with van der Waals surface area (Å²) in [6.07, 6.45) is 0.856. The van der Waals surface area contributed by atoms with Crippen molar-refractivity contribution in [3.8, 4) is 22.6 Å². The molecule has 0 saturated heterocycles. The third-order valence-electron chi connectivity index (χ3n) is 3.67. The Balaban J connectivity index is 0.000000168. The largest absolute Gasteiger partial charge is 0.508 e. The van der Waals surface area contributed by atoms with Gasteiger partial charge in [-0.2, -0.15) is 0 Å².